The molecule has 0 unspecified atom stereocenters. The van der Waals surface area contributed by atoms with Crippen LogP contribution >= 0.6 is 11.8 Å². The van der Waals surface area contributed by atoms with Crippen molar-refractivity contribution in [2.75, 3.05) is 43.0 Å². The summed E-state index contributed by atoms with van der Waals surface area (Å²) in [5.41, 5.74) is 0. The Hall–Kier alpha value is -1.28. The molecule has 22 heavy (non-hydrogen) atoms. The summed E-state index contributed by atoms with van der Waals surface area (Å²) in [6.07, 6.45) is 2.12. The van der Waals surface area contributed by atoms with Crippen molar-refractivity contribution in [3.63, 3.8) is 0 Å². The Morgan fingerprint density at radius 1 is 1.23 bits per heavy atom. The van der Waals surface area contributed by atoms with Crippen molar-refractivity contribution < 1.29 is 4.79 Å². The van der Waals surface area contributed by atoms with Gasteiger partial charge in [-0.3, -0.25) is 14.9 Å². The molecule has 122 valence electrons. The lowest BCUT2D eigenvalue weighted by molar-refractivity contribution is 0.130. The van der Waals surface area contributed by atoms with E-state index in [0.717, 1.165) is 31.8 Å². The third kappa shape index (κ3) is 3.55. The number of amides is 2. The number of aromatic nitrogens is 3. The van der Waals surface area contributed by atoms with Gasteiger partial charge >= 0.3 is 6.03 Å². The molecule has 2 aliphatic rings. The average molecular weight is 324 g/mol. The van der Waals surface area contributed by atoms with Gasteiger partial charge in [0.1, 0.15) is 5.82 Å². The van der Waals surface area contributed by atoms with Crippen LogP contribution < -0.4 is 5.32 Å². The van der Waals surface area contributed by atoms with Crippen LogP contribution in [0.2, 0.25) is 0 Å². The molecule has 0 spiro atoms. The van der Waals surface area contributed by atoms with Crippen LogP contribution in [0.15, 0.2) is 0 Å². The highest BCUT2D eigenvalue weighted by Crippen LogP contribution is 2.20. The van der Waals surface area contributed by atoms with Gasteiger partial charge in [-0.25, -0.2) is 4.79 Å². The number of rotatable bonds is 2. The van der Waals surface area contributed by atoms with Crippen molar-refractivity contribution in [3.8, 4) is 0 Å². The van der Waals surface area contributed by atoms with Crippen LogP contribution in [-0.2, 0) is 7.05 Å². The summed E-state index contributed by atoms with van der Waals surface area (Å²) in [6.45, 7) is 5.88. The molecular weight excluding hydrogens is 300 g/mol. The maximum Gasteiger partial charge on any atom is 0.324 e. The highest BCUT2D eigenvalue weighted by Gasteiger charge is 2.28. The number of nitrogens with one attached hydrogen (secondary N) is 1. The van der Waals surface area contributed by atoms with E-state index < -0.39 is 0 Å². The van der Waals surface area contributed by atoms with E-state index in [1.165, 1.54) is 24.6 Å². The molecule has 2 aliphatic heterocycles. The van der Waals surface area contributed by atoms with Crippen molar-refractivity contribution in [3.05, 3.63) is 5.82 Å². The Bertz CT molecular complexity index is 500. The molecule has 7 nitrogen and oxygen atoms in total. The second-order valence-electron chi connectivity index (χ2n) is 5.90. The zero-order valence-corrected chi connectivity index (χ0v) is 14.1. The van der Waals surface area contributed by atoms with E-state index in [4.69, 9.17) is 0 Å². The first-order valence-corrected chi connectivity index (χ1v) is 9.04. The SMILES string of the molecule is Cc1nc(NC(=O)N2CCC(N3CCSCC3)CC2)nn1C. The Morgan fingerprint density at radius 3 is 2.50 bits per heavy atom. The number of hydrogen-bond donors (Lipinski definition) is 1. The van der Waals surface area contributed by atoms with Crippen LogP contribution in [0.4, 0.5) is 10.7 Å². The molecule has 3 heterocycles. The largest absolute Gasteiger partial charge is 0.324 e. The monoisotopic (exact) mass is 324 g/mol. The van der Waals surface area contributed by atoms with Crippen LogP contribution in [-0.4, -0.2) is 74.3 Å². The summed E-state index contributed by atoms with van der Waals surface area (Å²) in [5, 5.41) is 6.96. The number of piperidine rings is 1. The van der Waals surface area contributed by atoms with Crippen LogP contribution in [0.5, 0.6) is 0 Å². The second kappa shape index (κ2) is 6.87. The predicted molar refractivity (Wildman–Crippen MR) is 88.3 cm³/mol. The molecule has 1 N–H and O–H groups in total. The van der Waals surface area contributed by atoms with Gasteiger partial charge in [0.25, 0.3) is 0 Å². The van der Waals surface area contributed by atoms with Crippen molar-refractivity contribution in [1.82, 2.24) is 24.6 Å². The molecule has 2 amide bonds. The molecule has 1 aromatic heterocycles. The fourth-order valence-electron chi connectivity index (χ4n) is 3.07. The highest BCUT2D eigenvalue weighted by atomic mass is 32.2. The number of carbonyl (C=O) groups is 1. The molecule has 2 saturated heterocycles. The summed E-state index contributed by atoms with van der Waals surface area (Å²) in [7, 11) is 1.82. The molecule has 0 aromatic carbocycles. The Kier molecular flexibility index (Phi) is 4.87. The number of aryl methyl sites for hydroxylation is 2. The normalized spacial score (nSPS) is 21.1. The molecule has 3 rings (SSSR count). The molecule has 8 heteroatoms. The second-order valence-corrected chi connectivity index (χ2v) is 7.13. The quantitative estimate of drug-likeness (QED) is 0.884. The standard InChI is InChI=1S/C14H24N6OS/c1-11-15-13(17-18(11)2)16-14(21)20-5-3-12(4-6-20)19-7-9-22-10-8-19/h12H,3-10H2,1-2H3,(H,16,17,21). The maximum absolute atomic E-state index is 12.3. The number of likely N-dealkylation sites (tertiary alicyclic amines) is 1. The summed E-state index contributed by atoms with van der Waals surface area (Å²) in [6, 6.07) is 0.554. The van der Waals surface area contributed by atoms with Gasteiger partial charge in [-0.15, -0.1) is 5.10 Å². The van der Waals surface area contributed by atoms with E-state index in [1.807, 2.05) is 30.6 Å². The van der Waals surface area contributed by atoms with Gasteiger partial charge in [0.2, 0.25) is 5.95 Å². The molecule has 0 aliphatic carbocycles. The molecule has 1 aromatic rings. The van der Waals surface area contributed by atoms with E-state index in [0.29, 0.717) is 12.0 Å². The van der Waals surface area contributed by atoms with Gasteiger partial charge < -0.3 is 4.90 Å². The molecule has 0 saturated carbocycles. The molecule has 0 atom stereocenters. The topological polar surface area (TPSA) is 66.3 Å². The minimum Gasteiger partial charge on any atom is -0.324 e. The average Bonchev–Trinajstić information content (AvgIpc) is 2.86. The first-order valence-electron chi connectivity index (χ1n) is 7.89. The van der Waals surface area contributed by atoms with Gasteiger partial charge in [-0.05, 0) is 19.8 Å². The zero-order valence-electron chi connectivity index (χ0n) is 13.3. The Balaban J connectivity index is 1.49. The number of nitrogens with zero attached hydrogens (tertiary/aromatic N) is 5. The molecule has 0 bridgehead atoms. The third-order valence-electron chi connectivity index (χ3n) is 4.51. The summed E-state index contributed by atoms with van der Waals surface area (Å²) in [4.78, 5) is 21.0. The van der Waals surface area contributed by atoms with Gasteiger partial charge in [-0.2, -0.15) is 16.7 Å². The smallest absolute Gasteiger partial charge is 0.324 e. The first kappa shape index (κ1) is 15.6. The number of urea groups is 1. The van der Waals surface area contributed by atoms with Crippen LogP contribution in [0.25, 0.3) is 0 Å². The number of thioether (sulfide) groups is 1. The molecule has 0 radical (unpaired) electrons. The van der Waals surface area contributed by atoms with Crippen molar-refractivity contribution in [2.24, 2.45) is 7.05 Å². The number of anilines is 1. The van der Waals surface area contributed by atoms with Crippen molar-refractivity contribution >= 4 is 23.7 Å². The molecular formula is C14H24N6OS. The Labute approximate surface area is 135 Å². The van der Waals surface area contributed by atoms with Gasteiger partial charge in [0.05, 0.1) is 0 Å². The van der Waals surface area contributed by atoms with Gasteiger partial charge in [0.15, 0.2) is 0 Å². The van der Waals surface area contributed by atoms with Crippen molar-refractivity contribution in [1.29, 1.82) is 0 Å². The van der Waals surface area contributed by atoms with E-state index in [1.54, 1.807) is 4.68 Å². The van der Waals surface area contributed by atoms with Gasteiger partial charge in [0, 0.05) is 50.8 Å². The Morgan fingerprint density at radius 2 is 1.91 bits per heavy atom. The fourth-order valence-corrected chi connectivity index (χ4v) is 4.00. The van der Waals surface area contributed by atoms with Crippen molar-refractivity contribution in [2.45, 2.75) is 25.8 Å². The zero-order chi connectivity index (χ0) is 15.5. The van der Waals surface area contributed by atoms with E-state index >= 15 is 0 Å². The number of hydrogen-bond acceptors (Lipinski definition) is 5. The number of carbonyl (C=O) groups excluding carboxylic acids is 1. The van der Waals surface area contributed by atoms with E-state index in [9.17, 15) is 4.79 Å². The minimum atomic E-state index is -0.0850. The first-order chi connectivity index (χ1) is 10.6. The summed E-state index contributed by atoms with van der Waals surface area (Å²) in [5.74, 6) is 3.66. The summed E-state index contributed by atoms with van der Waals surface area (Å²) < 4.78 is 1.66. The fraction of sp³-hybridized carbons (Fsp3) is 0.786. The lowest BCUT2D eigenvalue weighted by atomic mass is 10.0. The van der Waals surface area contributed by atoms with Crippen LogP contribution in [0, 0.1) is 6.92 Å². The van der Waals surface area contributed by atoms with E-state index in [-0.39, 0.29) is 6.03 Å². The van der Waals surface area contributed by atoms with Crippen LogP contribution in [0.3, 0.4) is 0 Å². The third-order valence-corrected chi connectivity index (χ3v) is 5.46. The molecule has 2 fully saturated rings. The predicted octanol–water partition coefficient (Wildman–Crippen LogP) is 1.17. The van der Waals surface area contributed by atoms with E-state index in [2.05, 4.69) is 20.3 Å². The summed E-state index contributed by atoms with van der Waals surface area (Å²) >= 11 is 2.04. The maximum atomic E-state index is 12.3. The minimum absolute atomic E-state index is 0.0850. The lowest BCUT2D eigenvalue weighted by Gasteiger charge is -2.39. The highest BCUT2D eigenvalue weighted by molar-refractivity contribution is 7.99. The van der Waals surface area contributed by atoms with Gasteiger partial charge in [-0.1, -0.05) is 0 Å². The van der Waals surface area contributed by atoms with Crippen LogP contribution in [0.1, 0.15) is 18.7 Å². The lowest BCUT2D eigenvalue weighted by Crippen LogP contribution is -2.49.